The Morgan fingerprint density at radius 1 is 1.25 bits per heavy atom. The van der Waals surface area contributed by atoms with Crippen molar-refractivity contribution >= 4 is 35.6 Å². The van der Waals surface area contributed by atoms with Crippen LogP contribution in [0.1, 0.15) is 17.2 Å². The van der Waals surface area contributed by atoms with Crippen LogP contribution >= 0.6 is 23.8 Å². The summed E-state index contributed by atoms with van der Waals surface area (Å²) in [6.07, 6.45) is 1.08. The van der Waals surface area contributed by atoms with Crippen molar-refractivity contribution in [2.24, 2.45) is 4.99 Å². The number of epoxide rings is 1. The highest BCUT2D eigenvalue weighted by molar-refractivity contribution is 7.78. The number of ether oxygens (including phenoxy) is 1. The van der Waals surface area contributed by atoms with Gasteiger partial charge in [-0.15, -0.1) is 0 Å². The van der Waals surface area contributed by atoms with Crippen LogP contribution in [-0.4, -0.2) is 18.4 Å². The molecular weight excluding hydrogens is 349 g/mol. The van der Waals surface area contributed by atoms with Crippen molar-refractivity contribution in [2.75, 3.05) is 6.54 Å². The molecule has 3 rings (SSSR count). The summed E-state index contributed by atoms with van der Waals surface area (Å²) in [4.78, 5) is 3.75. The fourth-order valence-electron chi connectivity index (χ4n) is 2.71. The first-order chi connectivity index (χ1) is 11.7. The molecule has 4 nitrogen and oxygen atoms in total. The van der Waals surface area contributed by atoms with Crippen LogP contribution in [0.15, 0.2) is 53.5 Å². The number of nitrogens with zero attached hydrogens (tertiary/aromatic N) is 1. The Balaban J connectivity index is 1.87. The first-order valence-corrected chi connectivity index (χ1v) is 8.15. The van der Waals surface area contributed by atoms with E-state index in [-0.39, 0.29) is 11.9 Å². The van der Waals surface area contributed by atoms with Gasteiger partial charge in [-0.25, -0.2) is 14.8 Å². The minimum Gasteiger partial charge on any atom is -0.354 e. The lowest BCUT2D eigenvalue weighted by molar-refractivity contribution is 0.279. The van der Waals surface area contributed by atoms with Crippen molar-refractivity contribution in [1.82, 2.24) is 10.9 Å². The third-order valence-corrected chi connectivity index (χ3v) is 4.33. The van der Waals surface area contributed by atoms with Gasteiger partial charge in [0, 0.05) is 16.1 Å². The monoisotopic (exact) mass is 363 g/mol. The Bertz CT molecular complexity index is 773. The molecule has 1 aliphatic heterocycles. The minimum atomic E-state index is -0.838. The first-order valence-electron chi connectivity index (χ1n) is 7.30. The van der Waals surface area contributed by atoms with Gasteiger partial charge in [-0.2, -0.15) is 0 Å². The van der Waals surface area contributed by atoms with E-state index in [2.05, 4.69) is 28.1 Å². The van der Waals surface area contributed by atoms with E-state index in [9.17, 15) is 4.39 Å². The molecule has 0 aromatic heterocycles. The Morgan fingerprint density at radius 3 is 2.75 bits per heavy atom. The summed E-state index contributed by atoms with van der Waals surface area (Å²) >= 11 is 10.9. The van der Waals surface area contributed by atoms with Gasteiger partial charge < -0.3 is 10.2 Å². The molecule has 7 heteroatoms. The molecular formula is C17H15ClFN3OS. The van der Waals surface area contributed by atoms with Gasteiger partial charge in [-0.3, -0.25) is 0 Å². The van der Waals surface area contributed by atoms with Crippen LogP contribution in [0.3, 0.4) is 0 Å². The lowest BCUT2D eigenvalue weighted by Crippen LogP contribution is -2.38. The number of benzene rings is 2. The molecule has 0 amide bonds. The van der Waals surface area contributed by atoms with Gasteiger partial charge in [0.15, 0.2) is 0 Å². The van der Waals surface area contributed by atoms with Crippen LogP contribution < -0.4 is 10.9 Å². The van der Waals surface area contributed by atoms with Crippen LogP contribution in [-0.2, 0) is 10.3 Å². The van der Waals surface area contributed by atoms with Crippen LogP contribution in [0.4, 0.5) is 4.39 Å². The van der Waals surface area contributed by atoms with E-state index in [1.165, 1.54) is 17.9 Å². The maximum absolute atomic E-state index is 14.3. The first kappa shape index (κ1) is 17.0. The Labute approximate surface area is 149 Å². The summed E-state index contributed by atoms with van der Waals surface area (Å²) in [6.45, 7) is 0.327. The number of thiocarbonyl (C=S) groups is 1. The third-order valence-electron chi connectivity index (χ3n) is 3.86. The van der Waals surface area contributed by atoms with Crippen molar-refractivity contribution in [3.63, 3.8) is 0 Å². The van der Waals surface area contributed by atoms with Crippen LogP contribution in [0.25, 0.3) is 0 Å². The topological polar surface area (TPSA) is 49.0 Å². The molecule has 124 valence electrons. The Morgan fingerprint density at radius 2 is 2.00 bits per heavy atom. The third kappa shape index (κ3) is 3.32. The minimum absolute atomic E-state index is 0.318. The quantitative estimate of drug-likeness (QED) is 0.197. The molecule has 1 saturated heterocycles. The van der Waals surface area contributed by atoms with Gasteiger partial charge in [-0.1, -0.05) is 60.2 Å². The Hall–Kier alpha value is -1.86. The maximum atomic E-state index is 14.3. The summed E-state index contributed by atoms with van der Waals surface area (Å²) in [5.74, 6) is -0.318. The average molecular weight is 364 g/mol. The molecule has 0 radical (unpaired) electrons. The van der Waals surface area contributed by atoms with E-state index in [0.29, 0.717) is 17.1 Å². The molecule has 2 atom stereocenters. The predicted molar refractivity (Wildman–Crippen MR) is 96.6 cm³/mol. The summed E-state index contributed by atoms with van der Waals surface area (Å²) < 4.78 is 20.3. The smallest absolute Gasteiger partial charge is 0.141 e. The number of halogens is 2. The van der Waals surface area contributed by atoms with E-state index in [1.54, 1.807) is 24.3 Å². The zero-order valence-electron chi connectivity index (χ0n) is 12.6. The zero-order chi connectivity index (χ0) is 17.0. The number of rotatable bonds is 7. The second-order valence-electron chi connectivity index (χ2n) is 5.27. The zero-order valence-corrected chi connectivity index (χ0v) is 14.2. The molecule has 24 heavy (non-hydrogen) atoms. The maximum Gasteiger partial charge on any atom is 0.141 e. The van der Waals surface area contributed by atoms with E-state index >= 15 is 0 Å². The molecule has 0 bridgehead atoms. The highest BCUT2D eigenvalue weighted by atomic mass is 35.5. The summed E-state index contributed by atoms with van der Waals surface area (Å²) in [5.41, 5.74) is 7.46. The molecule has 0 aliphatic carbocycles. The fourth-order valence-corrected chi connectivity index (χ4v) is 3.01. The van der Waals surface area contributed by atoms with Gasteiger partial charge in [0.25, 0.3) is 0 Å². The number of hydrogen-bond acceptors (Lipinski definition) is 3. The van der Waals surface area contributed by atoms with Crippen molar-refractivity contribution < 1.29 is 9.13 Å². The van der Waals surface area contributed by atoms with Crippen LogP contribution in [0, 0.1) is 5.82 Å². The molecule has 2 aromatic rings. The number of hydrazine groups is 1. The Kier molecular flexibility index (Phi) is 5.20. The fraction of sp³-hybridized carbons (Fsp3) is 0.176. The highest BCUT2D eigenvalue weighted by Gasteiger charge is 2.60. The van der Waals surface area contributed by atoms with Crippen molar-refractivity contribution in [3.8, 4) is 0 Å². The molecule has 2 N–H and O–H groups in total. The average Bonchev–Trinajstić information content (AvgIpc) is 3.31. The SMILES string of the molecule is Fc1ccccc1C1(CNNC=NC=S)OC1c1ccccc1Cl. The molecule has 0 saturated carbocycles. The van der Waals surface area contributed by atoms with Gasteiger partial charge in [0.2, 0.25) is 0 Å². The molecule has 1 fully saturated rings. The number of aliphatic imine (C=N–C) groups is 1. The normalized spacial score (nSPS) is 22.5. The molecule has 1 aliphatic rings. The van der Waals surface area contributed by atoms with Gasteiger partial charge in [0.1, 0.15) is 23.9 Å². The van der Waals surface area contributed by atoms with Crippen molar-refractivity contribution in [2.45, 2.75) is 11.7 Å². The van der Waals surface area contributed by atoms with E-state index < -0.39 is 5.60 Å². The molecule has 0 spiro atoms. The molecule has 2 aromatic carbocycles. The highest BCUT2D eigenvalue weighted by Crippen LogP contribution is 2.58. The van der Waals surface area contributed by atoms with Crippen molar-refractivity contribution in [3.05, 3.63) is 70.5 Å². The van der Waals surface area contributed by atoms with Gasteiger partial charge in [0.05, 0.1) is 12.0 Å². The van der Waals surface area contributed by atoms with E-state index in [1.807, 2.05) is 18.2 Å². The predicted octanol–water partition coefficient (Wildman–Crippen LogP) is 3.53. The van der Waals surface area contributed by atoms with Gasteiger partial charge in [-0.05, 0) is 12.1 Å². The molecule has 1 heterocycles. The number of hydrogen-bond donors (Lipinski definition) is 2. The van der Waals surface area contributed by atoms with E-state index in [4.69, 9.17) is 16.3 Å². The van der Waals surface area contributed by atoms with Crippen LogP contribution in [0.2, 0.25) is 5.02 Å². The van der Waals surface area contributed by atoms with Crippen LogP contribution in [0.5, 0.6) is 0 Å². The molecule has 2 unspecified atom stereocenters. The van der Waals surface area contributed by atoms with Gasteiger partial charge >= 0.3 is 0 Å². The van der Waals surface area contributed by atoms with E-state index in [0.717, 1.165) is 5.56 Å². The lowest BCUT2D eigenvalue weighted by Gasteiger charge is -2.16. The largest absolute Gasteiger partial charge is 0.354 e. The second kappa shape index (κ2) is 7.36. The summed E-state index contributed by atoms with van der Waals surface area (Å²) in [5, 5.41) is 0.593. The number of nitrogens with one attached hydrogen (secondary N) is 2. The van der Waals surface area contributed by atoms with Crippen molar-refractivity contribution in [1.29, 1.82) is 0 Å². The summed E-state index contributed by atoms with van der Waals surface area (Å²) in [7, 11) is 0. The summed E-state index contributed by atoms with van der Waals surface area (Å²) in [6, 6.07) is 14.0. The standard InChI is InChI=1S/C17H15ClFN3OS/c18-14-7-3-1-5-12(14)16-17(23-16,9-21-22-10-20-11-24)13-6-2-4-8-15(13)19/h1-8,10-11,16,21H,9H2,(H,20,22,24). The second-order valence-corrected chi connectivity index (χ2v) is 5.89. The lowest BCUT2D eigenvalue weighted by atomic mass is 9.91.